The number of hydrogen-bond donors (Lipinski definition) is 2. The molecule has 1 aliphatic heterocycles. The topological polar surface area (TPSA) is 112 Å². The summed E-state index contributed by atoms with van der Waals surface area (Å²) in [7, 11) is -3.52. The van der Waals surface area contributed by atoms with Crippen LogP contribution in [0.5, 0.6) is 0 Å². The highest BCUT2D eigenvalue weighted by molar-refractivity contribution is 7.92. The first kappa shape index (κ1) is 26.8. The number of benzene rings is 1. The molecule has 0 spiro atoms. The van der Waals surface area contributed by atoms with E-state index in [1.54, 1.807) is 11.0 Å². The summed E-state index contributed by atoms with van der Waals surface area (Å²) in [6.07, 6.45) is 2.16. The zero-order valence-corrected chi connectivity index (χ0v) is 22.7. The molecule has 0 saturated carbocycles. The van der Waals surface area contributed by atoms with E-state index < -0.39 is 21.7 Å². The quantitative estimate of drug-likeness (QED) is 0.463. The molecule has 2 aromatic heterocycles. The van der Waals surface area contributed by atoms with Gasteiger partial charge in [-0.3, -0.25) is 19.3 Å². The lowest BCUT2D eigenvalue weighted by molar-refractivity contribution is -0.129. The van der Waals surface area contributed by atoms with E-state index in [9.17, 15) is 22.4 Å². The molecular weight excluding hydrogens is 541 g/mol. The zero-order chi connectivity index (χ0) is 26.9. The SMILES string of the molecule is CC(=O)N1CCN(c2cc(F)cnc2-c2cc(C(=O)Nc3cc(Cl)cc(NS(C)(=O)=O)c3)sc2C)CC1. The number of rotatable bonds is 6. The molecule has 1 fully saturated rings. The number of sulfonamides is 1. The summed E-state index contributed by atoms with van der Waals surface area (Å²) in [6.45, 7) is 5.50. The van der Waals surface area contributed by atoms with Crippen molar-refractivity contribution in [3.63, 3.8) is 0 Å². The van der Waals surface area contributed by atoms with Gasteiger partial charge in [-0.05, 0) is 31.2 Å². The van der Waals surface area contributed by atoms with E-state index in [0.29, 0.717) is 53.7 Å². The molecule has 0 bridgehead atoms. The fourth-order valence-corrected chi connectivity index (χ4v) is 5.79. The van der Waals surface area contributed by atoms with Gasteiger partial charge in [0.05, 0.1) is 34.4 Å². The number of aromatic nitrogens is 1. The molecule has 1 aliphatic rings. The van der Waals surface area contributed by atoms with Crippen LogP contribution in [0.3, 0.4) is 0 Å². The Labute approximate surface area is 223 Å². The average Bonchev–Trinajstić information content (AvgIpc) is 3.19. The second-order valence-electron chi connectivity index (χ2n) is 8.65. The van der Waals surface area contributed by atoms with Crippen LogP contribution in [0.4, 0.5) is 21.5 Å². The van der Waals surface area contributed by atoms with Crippen molar-refractivity contribution < 1.29 is 22.4 Å². The molecular formula is C24H25ClFN5O4S2. The van der Waals surface area contributed by atoms with Gasteiger partial charge in [0.25, 0.3) is 5.91 Å². The highest BCUT2D eigenvalue weighted by Crippen LogP contribution is 2.37. The fourth-order valence-electron chi connectivity index (χ4n) is 4.10. The number of amides is 2. The Kier molecular flexibility index (Phi) is 7.72. The van der Waals surface area contributed by atoms with Gasteiger partial charge in [0.2, 0.25) is 15.9 Å². The maximum atomic E-state index is 14.2. The minimum atomic E-state index is -3.52. The van der Waals surface area contributed by atoms with Crippen molar-refractivity contribution in [1.82, 2.24) is 9.88 Å². The molecule has 1 saturated heterocycles. The standard InChI is InChI=1S/C24H25ClFN5O4S2/c1-14-20(23-21(10-17(26)13-27-23)31-6-4-30(5-7-31)15(2)32)12-22(36-14)24(33)28-18-8-16(25)9-19(11-18)29-37(3,34)35/h8-13,29H,4-7H2,1-3H3,(H,28,33). The minimum absolute atomic E-state index is 0.000461. The molecule has 0 aliphatic carbocycles. The average molecular weight is 566 g/mol. The van der Waals surface area contributed by atoms with Crippen molar-refractivity contribution in [2.75, 3.05) is 47.4 Å². The number of carbonyl (C=O) groups excluding carboxylic acids is 2. The number of anilines is 3. The minimum Gasteiger partial charge on any atom is -0.366 e. The molecule has 4 rings (SSSR count). The molecule has 13 heteroatoms. The highest BCUT2D eigenvalue weighted by atomic mass is 35.5. The first-order chi connectivity index (χ1) is 17.4. The molecule has 1 aromatic carbocycles. The van der Waals surface area contributed by atoms with Crippen LogP contribution in [-0.4, -0.2) is 62.6 Å². The van der Waals surface area contributed by atoms with E-state index >= 15 is 0 Å². The van der Waals surface area contributed by atoms with Gasteiger partial charge in [-0.15, -0.1) is 11.3 Å². The van der Waals surface area contributed by atoms with Crippen LogP contribution in [0.25, 0.3) is 11.3 Å². The van der Waals surface area contributed by atoms with Crippen LogP contribution in [0, 0.1) is 12.7 Å². The van der Waals surface area contributed by atoms with Crippen LogP contribution in [0.15, 0.2) is 36.5 Å². The van der Waals surface area contributed by atoms with Crippen molar-refractivity contribution in [2.24, 2.45) is 0 Å². The number of carbonyl (C=O) groups is 2. The summed E-state index contributed by atoms with van der Waals surface area (Å²) >= 11 is 7.36. The van der Waals surface area contributed by atoms with Crippen LogP contribution in [0.1, 0.15) is 21.5 Å². The van der Waals surface area contributed by atoms with Crippen molar-refractivity contribution in [1.29, 1.82) is 0 Å². The number of piperazine rings is 1. The Morgan fingerprint density at radius 1 is 1.08 bits per heavy atom. The summed E-state index contributed by atoms with van der Waals surface area (Å²) in [6, 6.07) is 7.53. The molecule has 9 nitrogen and oxygen atoms in total. The Hall–Kier alpha value is -3.22. The van der Waals surface area contributed by atoms with Gasteiger partial charge in [0.15, 0.2) is 0 Å². The number of pyridine rings is 1. The molecule has 0 atom stereocenters. The van der Waals surface area contributed by atoms with Crippen molar-refractivity contribution >= 4 is 61.8 Å². The van der Waals surface area contributed by atoms with Crippen LogP contribution in [0.2, 0.25) is 5.02 Å². The lowest BCUT2D eigenvalue weighted by atomic mass is 10.1. The monoisotopic (exact) mass is 565 g/mol. The number of aryl methyl sites for hydroxylation is 1. The highest BCUT2D eigenvalue weighted by Gasteiger charge is 2.24. The third-order valence-corrected chi connectivity index (χ3v) is 7.63. The van der Waals surface area contributed by atoms with Crippen LogP contribution < -0.4 is 14.9 Å². The predicted molar refractivity (Wildman–Crippen MR) is 145 cm³/mol. The molecule has 37 heavy (non-hydrogen) atoms. The van der Waals surface area contributed by atoms with E-state index in [1.165, 1.54) is 42.5 Å². The molecule has 2 N–H and O–H groups in total. The Morgan fingerprint density at radius 2 is 1.76 bits per heavy atom. The van der Waals surface area contributed by atoms with Crippen LogP contribution in [-0.2, 0) is 14.8 Å². The lowest BCUT2D eigenvalue weighted by Crippen LogP contribution is -2.48. The maximum Gasteiger partial charge on any atom is 0.265 e. The summed E-state index contributed by atoms with van der Waals surface area (Å²) in [5.74, 6) is -0.885. The Balaban J connectivity index is 1.59. The van der Waals surface area contributed by atoms with Crippen molar-refractivity contribution in [3.8, 4) is 11.3 Å². The number of thiophene rings is 1. The van der Waals surface area contributed by atoms with Gasteiger partial charge in [0.1, 0.15) is 5.82 Å². The normalized spacial score (nSPS) is 14.0. The first-order valence-corrected chi connectivity index (χ1v) is 14.3. The van der Waals surface area contributed by atoms with Gasteiger partial charge < -0.3 is 15.1 Å². The number of nitrogens with zero attached hydrogens (tertiary/aromatic N) is 3. The summed E-state index contributed by atoms with van der Waals surface area (Å²) in [5, 5.41) is 2.99. The lowest BCUT2D eigenvalue weighted by Gasteiger charge is -2.36. The van der Waals surface area contributed by atoms with Gasteiger partial charge in [-0.2, -0.15) is 0 Å². The predicted octanol–water partition coefficient (Wildman–Crippen LogP) is 4.20. The second kappa shape index (κ2) is 10.6. The van der Waals surface area contributed by atoms with E-state index in [-0.39, 0.29) is 16.6 Å². The zero-order valence-electron chi connectivity index (χ0n) is 20.3. The van der Waals surface area contributed by atoms with Crippen LogP contribution >= 0.6 is 22.9 Å². The van der Waals surface area contributed by atoms with E-state index in [1.807, 2.05) is 11.8 Å². The third-order valence-electron chi connectivity index (χ3n) is 5.76. The summed E-state index contributed by atoms with van der Waals surface area (Å²) in [5.41, 5.74) is 2.39. The molecule has 0 radical (unpaired) electrons. The van der Waals surface area contributed by atoms with Crippen molar-refractivity contribution in [3.05, 3.63) is 57.1 Å². The van der Waals surface area contributed by atoms with Gasteiger partial charge >= 0.3 is 0 Å². The van der Waals surface area contributed by atoms with E-state index in [4.69, 9.17) is 11.6 Å². The van der Waals surface area contributed by atoms with Gasteiger partial charge in [-0.25, -0.2) is 12.8 Å². The number of halogens is 2. The first-order valence-electron chi connectivity index (χ1n) is 11.3. The fraction of sp³-hybridized carbons (Fsp3) is 0.292. The Morgan fingerprint density at radius 3 is 2.41 bits per heavy atom. The van der Waals surface area contributed by atoms with E-state index in [0.717, 1.165) is 17.3 Å². The molecule has 3 heterocycles. The number of nitrogens with one attached hydrogen (secondary N) is 2. The van der Waals surface area contributed by atoms with E-state index in [2.05, 4.69) is 15.0 Å². The third kappa shape index (κ3) is 6.56. The molecule has 2 amide bonds. The second-order valence-corrected chi connectivity index (χ2v) is 12.1. The van der Waals surface area contributed by atoms with Gasteiger partial charge in [-0.1, -0.05) is 11.6 Å². The summed E-state index contributed by atoms with van der Waals surface area (Å²) < 4.78 is 39.7. The van der Waals surface area contributed by atoms with Gasteiger partial charge in [0, 0.05) is 60.3 Å². The molecule has 0 unspecified atom stereocenters. The van der Waals surface area contributed by atoms with Crippen molar-refractivity contribution in [2.45, 2.75) is 13.8 Å². The largest absolute Gasteiger partial charge is 0.366 e. The maximum absolute atomic E-state index is 14.2. The smallest absolute Gasteiger partial charge is 0.265 e. The Bertz CT molecular complexity index is 1470. The summed E-state index contributed by atoms with van der Waals surface area (Å²) in [4.78, 5) is 34.0. The molecule has 3 aromatic rings. The molecule has 196 valence electrons. The number of hydrogen-bond acceptors (Lipinski definition) is 7.